The lowest BCUT2D eigenvalue weighted by Crippen LogP contribution is -2.08. The van der Waals surface area contributed by atoms with Gasteiger partial charge in [0.2, 0.25) is 0 Å². The van der Waals surface area contributed by atoms with Gasteiger partial charge in [0.25, 0.3) is 0 Å². The van der Waals surface area contributed by atoms with Crippen molar-refractivity contribution in [3.05, 3.63) is 16.6 Å². The first-order valence-corrected chi connectivity index (χ1v) is 3.40. The summed E-state index contributed by atoms with van der Waals surface area (Å²) in [4.78, 5) is 24.3. The molecule has 1 heterocycles. The van der Waals surface area contributed by atoms with Crippen molar-refractivity contribution >= 4 is 6.29 Å². The number of hydrogen-bond donors (Lipinski definition) is 0. The summed E-state index contributed by atoms with van der Waals surface area (Å²) in [7, 11) is 0. The molecule has 1 aromatic heterocycles. The predicted octanol–water partition coefficient (Wildman–Crippen LogP) is 0.684. The molecule has 0 saturated heterocycles. The molecular formula is C6H8N4O2. The molecule has 6 heteroatoms. The van der Waals surface area contributed by atoms with E-state index in [4.69, 9.17) is 0 Å². The van der Waals surface area contributed by atoms with E-state index in [9.17, 15) is 9.70 Å². The Morgan fingerprint density at radius 2 is 2.33 bits per heavy atom. The van der Waals surface area contributed by atoms with Crippen molar-refractivity contribution in [3.8, 4) is 0 Å². The van der Waals surface area contributed by atoms with Gasteiger partial charge >= 0.3 is 0 Å². The first-order valence-electron chi connectivity index (χ1n) is 3.40. The number of aromatic nitrogens is 3. The Morgan fingerprint density at radius 1 is 1.67 bits per heavy atom. The zero-order valence-electron chi connectivity index (χ0n) is 6.76. The molecule has 0 aliphatic rings. The SMILES string of the molecule is Cc1nc(C=O)n(C(C)N=O)n1. The topological polar surface area (TPSA) is 77.2 Å². The number of rotatable bonds is 3. The summed E-state index contributed by atoms with van der Waals surface area (Å²) in [5, 5.41) is 6.56. The summed E-state index contributed by atoms with van der Waals surface area (Å²) < 4.78 is 1.19. The second kappa shape index (κ2) is 3.21. The highest BCUT2D eigenvalue weighted by molar-refractivity contribution is 5.68. The van der Waals surface area contributed by atoms with Crippen LogP contribution in [0.1, 0.15) is 29.5 Å². The second-order valence-corrected chi connectivity index (χ2v) is 2.32. The van der Waals surface area contributed by atoms with Gasteiger partial charge in [-0.1, -0.05) is 0 Å². The predicted molar refractivity (Wildman–Crippen MR) is 40.7 cm³/mol. The lowest BCUT2D eigenvalue weighted by atomic mass is 10.5. The fourth-order valence-electron chi connectivity index (χ4n) is 0.846. The minimum atomic E-state index is -0.689. The molecule has 0 radical (unpaired) electrons. The third kappa shape index (κ3) is 1.36. The van der Waals surface area contributed by atoms with Crippen molar-refractivity contribution in [1.82, 2.24) is 14.8 Å². The van der Waals surface area contributed by atoms with Gasteiger partial charge in [0.15, 0.2) is 18.3 Å². The fourth-order valence-corrected chi connectivity index (χ4v) is 0.846. The molecule has 0 aromatic carbocycles. The summed E-state index contributed by atoms with van der Waals surface area (Å²) >= 11 is 0. The Hall–Kier alpha value is -1.59. The van der Waals surface area contributed by atoms with Crippen LogP contribution in [0.4, 0.5) is 0 Å². The maximum atomic E-state index is 10.4. The fraction of sp³-hybridized carbons (Fsp3) is 0.500. The Kier molecular flexibility index (Phi) is 2.27. The molecule has 0 spiro atoms. The zero-order chi connectivity index (χ0) is 9.14. The number of carbonyl (C=O) groups is 1. The first-order chi connectivity index (χ1) is 5.69. The number of nitrogens with zero attached hydrogens (tertiary/aromatic N) is 4. The highest BCUT2D eigenvalue weighted by Crippen LogP contribution is 2.07. The molecule has 0 N–H and O–H groups in total. The van der Waals surface area contributed by atoms with Crippen LogP contribution in [0.25, 0.3) is 0 Å². The van der Waals surface area contributed by atoms with Crippen LogP contribution in [-0.4, -0.2) is 21.1 Å². The van der Waals surface area contributed by atoms with Gasteiger partial charge in [0, 0.05) is 0 Å². The normalized spacial score (nSPS) is 12.5. The lowest BCUT2D eigenvalue weighted by molar-refractivity contribution is 0.110. The third-order valence-electron chi connectivity index (χ3n) is 1.38. The van der Waals surface area contributed by atoms with Gasteiger partial charge in [0.05, 0.1) is 0 Å². The first kappa shape index (κ1) is 8.51. The Balaban J connectivity index is 3.11. The average Bonchev–Trinajstić information content (AvgIpc) is 2.45. The van der Waals surface area contributed by atoms with Crippen LogP contribution in [0.2, 0.25) is 0 Å². The number of hydrogen-bond acceptors (Lipinski definition) is 5. The van der Waals surface area contributed by atoms with Gasteiger partial charge in [-0.2, -0.15) is 5.10 Å². The maximum absolute atomic E-state index is 10.4. The molecule has 12 heavy (non-hydrogen) atoms. The van der Waals surface area contributed by atoms with E-state index in [1.165, 1.54) is 11.6 Å². The molecule has 1 atom stereocenters. The minimum absolute atomic E-state index is 0.125. The quantitative estimate of drug-likeness (QED) is 0.491. The Bertz CT molecular complexity index is 306. The van der Waals surface area contributed by atoms with E-state index in [2.05, 4.69) is 15.3 Å². The van der Waals surface area contributed by atoms with Crippen LogP contribution < -0.4 is 0 Å². The molecule has 1 unspecified atom stereocenters. The second-order valence-electron chi connectivity index (χ2n) is 2.32. The van der Waals surface area contributed by atoms with Gasteiger partial charge in [-0.05, 0) is 19.0 Å². The van der Waals surface area contributed by atoms with Gasteiger partial charge in [-0.25, -0.2) is 9.67 Å². The Labute approximate surface area is 68.6 Å². The maximum Gasteiger partial charge on any atom is 0.193 e. The van der Waals surface area contributed by atoms with Crippen LogP contribution in [0.15, 0.2) is 5.18 Å². The van der Waals surface area contributed by atoms with E-state index in [0.717, 1.165) is 0 Å². The molecule has 64 valence electrons. The number of aryl methyl sites for hydroxylation is 1. The summed E-state index contributed by atoms with van der Waals surface area (Å²) in [6, 6.07) is 0. The van der Waals surface area contributed by atoms with Crippen molar-refractivity contribution < 1.29 is 4.79 Å². The molecule has 6 nitrogen and oxygen atoms in total. The Morgan fingerprint density at radius 3 is 2.83 bits per heavy atom. The van der Waals surface area contributed by atoms with Crippen molar-refractivity contribution in [2.45, 2.75) is 20.0 Å². The number of carbonyl (C=O) groups excluding carboxylic acids is 1. The third-order valence-corrected chi connectivity index (χ3v) is 1.38. The minimum Gasteiger partial charge on any atom is -0.294 e. The van der Waals surface area contributed by atoms with Gasteiger partial charge in [-0.15, -0.1) is 4.91 Å². The van der Waals surface area contributed by atoms with Crippen molar-refractivity contribution in [3.63, 3.8) is 0 Å². The molecule has 0 aliphatic heterocycles. The standard InChI is InChI=1S/C6H8N4O2/c1-4-7-6(3-11)10(8-4)5(2)9-12/h3,5H,1-2H3. The zero-order valence-corrected chi connectivity index (χ0v) is 6.76. The number of nitroso groups, excluding NO2 is 1. The molecule has 0 bridgehead atoms. The average molecular weight is 168 g/mol. The van der Waals surface area contributed by atoms with Crippen LogP contribution in [-0.2, 0) is 0 Å². The van der Waals surface area contributed by atoms with Crippen molar-refractivity contribution in [1.29, 1.82) is 0 Å². The van der Waals surface area contributed by atoms with E-state index < -0.39 is 6.17 Å². The van der Waals surface area contributed by atoms with E-state index in [0.29, 0.717) is 12.1 Å². The lowest BCUT2D eigenvalue weighted by Gasteiger charge is -2.01. The summed E-state index contributed by atoms with van der Waals surface area (Å²) in [5.74, 6) is 0.576. The van der Waals surface area contributed by atoms with Gasteiger partial charge < -0.3 is 0 Å². The van der Waals surface area contributed by atoms with Gasteiger partial charge in [-0.3, -0.25) is 4.79 Å². The summed E-state index contributed by atoms with van der Waals surface area (Å²) in [6.45, 7) is 3.18. The van der Waals surface area contributed by atoms with E-state index in [-0.39, 0.29) is 5.82 Å². The van der Waals surface area contributed by atoms with Crippen LogP contribution in [0.3, 0.4) is 0 Å². The van der Waals surface area contributed by atoms with Crippen LogP contribution in [0, 0.1) is 11.8 Å². The van der Waals surface area contributed by atoms with Crippen molar-refractivity contribution in [2.24, 2.45) is 5.18 Å². The van der Waals surface area contributed by atoms with Crippen molar-refractivity contribution in [2.75, 3.05) is 0 Å². The summed E-state index contributed by atoms with van der Waals surface area (Å²) in [6.07, 6.45) is -0.145. The molecule has 0 saturated carbocycles. The molecule has 0 fully saturated rings. The van der Waals surface area contributed by atoms with E-state index in [1.807, 2.05) is 0 Å². The highest BCUT2D eigenvalue weighted by Gasteiger charge is 2.12. The molecule has 1 rings (SSSR count). The summed E-state index contributed by atoms with van der Waals surface area (Å²) in [5.41, 5.74) is 0. The monoisotopic (exact) mass is 168 g/mol. The molecular weight excluding hydrogens is 160 g/mol. The molecule has 0 amide bonds. The molecule has 0 aliphatic carbocycles. The highest BCUT2D eigenvalue weighted by atomic mass is 16.3. The molecule has 1 aromatic rings. The largest absolute Gasteiger partial charge is 0.294 e. The van der Waals surface area contributed by atoms with Crippen LogP contribution in [0.5, 0.6) is 0 Å². The van der Waals surface area contributed by atoms with Crippen LogP contribution >= 0.6 is 0 Å². The van der Waals surface area contributed by atoms with E-state index in [1.54, 1.807) is 6.92 Å². The van der Waals surface area contributed by atoms with E-state index >= 15 is 0 Å². The number of aldehydes is 1. The smallest absolute Gasteiger partial charge is 0.193 e. The van der Waals surface area contributed by atoms with Gasteiger partial charge in [0.1, 0.15) is 5.82 Å².